The van der Waals surface area contributed by atoms with Crippen LogP contribution in [0.4, 0.5) is 0 Å². The summed E-state index contributed by atoms with van der Waals surface area (Å²) in [6.07, 6.45) is 1.09. The molecule has 0 saturated carbocycles. The van der Waals surface area contributed by atoms with E-state index in [1.54, 1.807) is 31.4 Å². The molecule has 6 nitrogen and oxygen atoms in total. The highest BCUT2D eigenvalue weighted by Crippen LogP contribution is 2.43. The summed E-state index contributed by atoms with van der Waals surface area (Å²) in [4.78, 5) is 4.56. The Morgan fingerprint density at radius 1 is 1.26 bits per heavy atom. The molecule has 1 fully saturated rings. The molecule has 2 atom stereocenters. The molecular weight excluding hydrogens is 384 g/mol. The predicted octanol–water partition coefficient (Wildman–Crippen LogP) is 2.98. The van der Waals surface area contributed by atoms with Crippen molar-refractivity contribution in [2.75, 3.05) is 20.2 Å². The number of ether oxygens (including phenoxy) is 2. The third kappa shape index (κ3) is 2.70. The Bertz CT molecular complexity index is 1140. The molecule has 0 amide bonds. The summed E-state index contributed by atoms with van der Waals surface area (Å²) >= 11 is 1.17. The summed E-state index contributed by atoms with van der Waals surface area (Å²) in [6.45, 7) is 1.75. The minimum absolute atomic E-state index is 0.0848. The minimum atomic E-state index is -3.70. The number of benzene rings is 2. The summed E-state index contributed by atoms with van der Waals surface area (Å²) in [7, 11) is -2.13. The maximum absolute atomic E-state index is 13.1. The monoisotopic (exact) mass is 402 g/mol. The van der Waals surface area contributed by atoms with Crippen molar-refractivity contribution in [1.82, 2.24) is 10.3 Å². The number of nitrogens with one attached hydrogen (secondary N) is 1. The Kier molecular flexibility index (Phi) is 3.89. The second kappa shape index (κ2) is 6.19. The molecule has 2 aromatic carbocycles. The van der Waals surface area contributed by atoms with Crippen molar-refractivity contribution in [3.63, 3.8) is 0 Å². The quantitative estimate of drug-likeness (QED) is 0.726. The third-order valence-corrected chi connectivity index (χ3v) is 8.37. The van der Waals surface area contributed by atoms with Gasteiger partial charge in [0, 0.05) is 24.1 Å². The number of rotatable bonds is 3. The Morgan fingerprint density at radius 2 is 2.15 bits per heavy atom. The number of aromatic nitrogens is 1. The van der Waals surface area contributed by atoms with Gasteiger partial charge in [0.2, 0.25) is 14.2 Å². The van der Waals surface area contributed by atoms with Crippen LogP contribution in [-0.2, 0) is 9.84 Å². The van der Waals surface area contributed by atoms with E-state index in [4.69, 9.17) is 9.47 Å². The molecular formula is C19H18N2O4S2. The van der Waals surface area contributed by atoms with Crippen molar-refractivity contribution >= 4 is 31.4 Å². The lowest BCUT2D eigenvalue weighted by atomic mass is 9.90. The summed E-state index contributed by atoms with van der Waals surface area (Å²) in [6, 6.07) is 10.6. The zero-order valence-electron chi connectivity index (χ0n) is 14.6. The van der Waals surface area contributed by atoms with Gasteiger partial charge < -0.3 is 14.8 Å². The van der Waals surface area contributed by atoms with Crippen molar-refractivity contribution in [1.29, 1.82) is 0 Å². The fourth-order valence-electron chi connectivity index (χ4n) is 3.79. The highest BCUT2D eigenvalue weighted by atomic mass is 32.2. The van der Waals surface area contributed by atoms with Crippen LogP contribution in [-0.4, -0.2) is 39.7 Å². The van der Waals surface area contributed by atoms with Crippen LogP contribution in [0.2, 0.25) is 0 Å². The van der Waals surface area contributed by atoms with Gasteiger partial charge in [0.1, 0.15) is 17.6 Å². The highest BCUT2D eigenvalue weighted by Gasteiger charge is 2.37. The number of nitrogens with zero attached hydrogens (tertiary/aromatic N) is 1. The minimum Gasteiger partial charge on any atom is -0.497 e. The van der Waals surface area contributed by atoms with Gasteiger partial charge in [-0.25, -0.2) is 13.4 Å². The van der Waals surface area contributed by atoms with Crippen molar-refractivity contribution in [3.05, 3.63) is 42.0 Å². The molecule has 8 heteroatoms. The zero-order chi connectivity index (χ0) is 18.6. The molecule has 5 rings (SSSR count). The maximum atomic E-state index is 13.1. The molecule has 1 aromatic heterocycles. The van der Waals surface area contributed by atoms with Crippen LogP contribution in [0.15, 0.2) is 45.6 Å². The van der Waals surface area contributed by atoms with Gasteiger partial charge in [-0.05, 0) is 37.2 Å². The molecule has 3 aromatic rings. The van der Waals surface area contributed by atoms with Gasteiger partial charge in [0.15, 0.2) is 0 Å². The van der Waals surface area contributed by atoms with Gasteiger partial charge in [0.05, 0.1) is 22.2 Å². The van der Waals surface area contributed by atoms with Crippen molar-refractivity contribution in [2.24, 2.45) is 0 Å². The van der Waals surface area contributed by atoms with E-state index >= 15 is 0 Å². The molecule has 2 aliphatic heterocycles. The lowest BCUT2D eigenvalue weighted by Crippen LogP contribution is -2.39. The number of hydrogen-bond acceptors (Lipinski definition) is 7. The van der Waals surface area contributed by atoms with Gasteiger partial charge in [-0.15, -0.1) is 11.3 Å². The van der Waals surface area contributed by atoms with Gasteiger partial charge in [-0.1, -0.05) is 6.07 Å². The molecule has 2 aliphatic rings. The SMILES string of the molecule is COc1ccc2sc(S(=O)(=O)c3ccc4c(c3)OC3CNCCC43)nc2c1. The number of hydrogen-bond donors (Lipinski definition) is 1. The average Bonchev–Trinajstić information content (AvgIpc) is 3.28. The van der Waals surface area contributed by atoms with Crippen LogP contribution in [0.3, 0.4) is 0 Å². The van der Waals surface area contributed by atoms with E-state index in [9.17, 15) is 8.42 Å². The Balaban J connectivity index is 1.54. The molecule has 27 heavy (non-hydrogen) atoms. The number of thiazole rings is 1. The topological polar surface area (TPSA) is 77.5 Å². The predicted molar refractivity (Wildman–Crippen MR) is 103 cm³/mol. The van der Waals surface area contributed by atoms with Crippen molar-refractivity contribution in [2.45, 2.75) is 27.7 Å². The second-order valence-electron chi connectivity index (χ2n) is 6.77. The van der Waals surface area contributed by atoms with E-state index in [1.807, 2.05) is 12.1 Å². The van der Waals surface area contributed by atoms with Crippen LogP contribution >= 0.6 is 11.3 Å². The Hall–Kier alpha value is -2.16. The summed E-state index contributed by atoms with van der Waals surface area (Å²) in [5, 5.41) is 3.32. The van der Waals surface area contributed by atoms with E-state index in [-0.39, 0.29) is 15.3 Å². The average molecular weight is 402 g/mol. The molecule has 0 bridgehead atoms. The van der Waals surface area contributed by atoms with Crippen molar-refractivity contribution in [3.8, 4) is 11.5 Å². The summed E-state index contributed by atoms with van der Waals surface area (Å²) in [5.41, 5.74) is 1.72. The number of piperidine rings is 1. The van der Waals surface area contributed by atoms with Crippen LogP contribution in [0.25, 0.3) is 10.2 Å². The first-order valence-electron chi connectivity index (χ1n) is 8.77. The molecule has 1 N–H and O–H groups in total. The Morgan fingerprint density at radius 3 is 3.00 bits per heavy atom. The zero-order valence-corrected chi connectivity index (χ0v) is 16.3. The van der Waals surface area contributed by atoms with Crippen LogP contribution in [0, 0.1) is 0 Å². The second-order valence-corrected chi connectivity index (χ2v) is 9.93. The van der Waals surface area contributed by atoms with Crippen LogP contribution in [0.5, 0.6) is 11.5 Å². The third-order valence-electron chi connectivity index (χ3n) is 5.20. The van der Waals surface area contributed by atoms with Gasteiger partial charge in [-0.3, -0.25) is 0 Å². The van der Waals surface area contributed by atoms with Gasteiger partial charge in [-0.2, -0.15) is 0 Å². The molecule has 0 radical (unpaired) electrons. The molecule has 0 aliphatic carbocycles. The van der Waals surface area contributed by atoms with Crippen molar-refractivity contribution < 1.29 is 17.9 Å². The molecule has 1 saturated heterocycles. The van der Waals surface area contributed by atoms with Crippen LogP contribution < -0.4 is 14.8 Å². The van der Waals surface area contributed by atoms with E-state index < -0.39 is 9.84 Å². The molecule has 2 unspecified atom stereocenters. The lowest BCUT2D eigenvalue weighted by molar-refractivity contribution is 0.176. The smallest absolute Gasteiger partial charge is 0.233 e. The normalized spacial score (nSPS) is 21.5. The summed E-state index contributed by atoms with van der Waals surface area (Å²) in [5.74, 6) is 1.67. The lowest BCUT2D eigenvalue weighted by Gasteiger charge is -2.24. The number of fused-ring (bicyclic) bond motifs is 4. The summed E-state index contributed by atoms with van der Waals surface area (Å²) < 4.78 is 38.3. The Labute approximate surface area is 161 Å². The first kappa shape index (κ1) is 17.0. The first-order valence-corrected chi connectivity index (χ1v) is 11.1. The number of methoxy groups -OCH3 is 1. The standard InChI is InChI=1S/C19H18N2O4S2/c1-24-11-2-5-18-15(8-11)21-19(26-18)27(22,23)12-3-4-13-14-6-7-20-10-17(14)25-16(13)9-12/h2-5,8-9,14,17,20H,6-7,10H2,1H3. The fraction of sp³-hybridized carbons (Fsp3) is 0.316. The largest absolute Gasteiger partial charge is 0.497 e. The first-order chi connectivity index (χ1) is 13.1. The highest BCUT2D eigenvalue weighted by molar-refractivity contribution is 7.93. The molecule has 140 valence electrons. The van der Waals surface area contributed by atoms with Crippen LogP contribution in [0.1, 0.15) is 17.9 Å². The molecule has 0 spiro atoms. The van der Waals surface area contributed by atoms with Gasteiger partial charge in [0.25, 0.3) is 0 Å². The fourth-order valence-corrected chi connectivity index (χ4v) is 6.40. The van der Waals surface area contributed by atoms with E-state index in [1.165, 1.54) is 11.3 Å². The maximum Gasteiger partial charge on any atom is 0.233 e. The van der Waals surface area contributed by atoms with E-state index in [2.05, 4.69) is 10.3 Å². The van der Waals surface area contributed by atoms with E-state index in [0.717, 1.165) is 29.8 Å². The van der Waals surface area contributed by atoms with E-state index in [0.29, 0.717) is 22.9 Å². The molecule has 3 heterocycles. The number of sulfone groups is 1. The van der Waals surface area contributed by atoms with Gasteiger partial charge >= 0.3 is 0 Å².